The van der Waals surface area contributed by atoms with Gasteiger partial charge in [0, 0.05) is 19.4 Å². The number of carbonyl (C=O) groups is 1. The van der Waals surface area contributed by atoms with Crippen molar-refractivity contribution >= 4 is 11.9 Å². The topological polar surface area (TPSA) is 69.1 Å². The lowest BCUT2D eigenvalue weighted by atomic mass is 9.87. The largest absolute Gasteiger partial charge is 0.350 e. The summed E-state index contributed by atoms with van der Waals surface area (Å²) in [5, 5.41) is 11.1. The van der Waals surface area contributed by atoms with Crippen molar-refractivity contribution in [3.05, 3.63) is 54.4 Å². The third-order valence-electron chi connectivity index (χ3n) is 4.19. The quantitative estimate of drug-likeness (QED) is 0.915. The summed E-state index contributed by atoms with van der Waals surface area (Å²) in [7, 11) is 1.63. The summed E-state index contributed by atoms with van der Waals surface area (Å²) in [6.45, 7) is 1.99. The normalized spacial score (nSPS) is 21.2. The van der Waals surface area contributed by atoms with Crippen LogP contribution in [0.5, 0.6) is 0 Å². The van der Waals surface area contributed by atoms with E-state index in [1.165, 1.54) is 4.90 Å². The van der Waals surface area contributed by atoms with Crippen LogP contribution in [0.1, 0.15) is 18.9 Å². The molecule has 2 aromatic rings. The Bertz CT molecular complexity index is 724. The molecule has 0 radical (unpaired) electrons. The Morgan fingerprint density at radius 2 is 2.09 bits per heavy atom. The predicted molar refractivity (Wildman–Crippen MR) is 90.0 cm³/mol. The fourth-order valence-corrected chi connectivity index (χ4v) is 2.94. The lowest BCUT2D eigenvalue weighted by Gasteiger charge is -2.39. The van der Waals surface area contributed by atoms with Crippen LogP contribution in [-0.4, -0.2) is 34.3 Å². The lowest BCUT2D eigenvalue weighted by molar-refractivity contribution is -0.129. The molecule has 1 atom stereocenters. The molecule has 5 heteroatoms. The summed E-state index contributed by atoms with van der Waals surface area (Å²) in [6, 6.07) is 12.2. The van der Waals surface area contributed by atoms with Crippen molar-refractivity contribution in [1.82, 2.24) is 15.2 Å². The van der Waals surface area contributed by atoms with E-state index in [-0.39, 0.29) is 11.9 Å². The molecular formula is C18H20N4O. The summed E-state index contributed by atoms with van der Waals surface area (Å²) in [5.74, 6) is 0.131. The highest BCUT2D eigenvalue weighted by Crippen LogP contribution is 2.25. The molecule has 118 valence electrons. The maximum absolute atomic E-state index is 12.0. The minimum Gasteiger partial charge on any atom is -0.350 e. The Balaban J connectivity index is 1.83. The van der Waals surface area contributed by atoms with Crippen molar-refractivity contribution in [3.63, 3.8) is 0 Å². The van der Waals surface area contributed by atoms with Crippen molar-refractivity contribution in [3.8, 4) is 11.1 Å². The number of rotatable bonds is 3. The zero-order valence-electron chi connectivity index (χ0n) is 13.3. The van der Waals surface area contributed by atoms with Gasteiger partial charge >= 0.3 is 0 Å². The number of carbonyl (C=O) groups excluding carboxylic acids is 1. The number of hydrogen-bond donors (Lipinski definition) is 2. The molecule has 0 aliphatic carbocycles. The highest BCUT2D eigenvalue weighted by Gasteiger charge is 2.36. The Hall–Kier alpha value is -2.69. The van der Waals surface area contributed by atoms with Crippen molar-refractivity contribution in [2.75, 3.05) is 7.05 Å². The monoisotopic (exact) mass is 308 g/mol. The highest BCUT2D eigenvalue weighted by atomic mass is 16.2. The molecule has 1 amide bonds. The number of amides is 1. The second-order valence-electron chi connectivity index (χ2n) is 6.28. The molecule has 2 heterocycles. The SMILES string of the molecule is CN1C(=N)N[C@](C)(Cc2cccc(-c3cccnc3)c2)CC1=O. The maximum Gasteiger partial charge on any atom is 0.231 e. The summed E-state index contributed by atoms with van der Waals surface area (Å²) in [4.78, 5) is 17.5. The second kappa shape index (κ2) is 5.83. The molecule has 1 aliphatic rings. The van der Waals surface area contributed by atoms with Gasteiger partial charge in [-0.25, -0.2) is 0 Å². The average molecular weight is 308 g/mol. The van der Waals surface area contributed by atoms with E-state index < -0.39 is 5.54 Å². The van der Waals surface area contributed by atoms with Crippen LogP contribution in [0.4, 0.5) is 0 Å². The first kappa shape index (κ1) is 15.2. The van der Waals surface area contributed by atoms with Crippen molar-refractivity contribution in [2.24, 2.45) is 0 Å². The van der Waals surface area contributed by atoms with E-state index >= 15 is 0 Å². The van der Waals surface area contributed by atoms with E-state index in [1.54, 1.807) is 13.2 Å². The fourth-order valence-electron chi connectivity index (χ4n) is 2.94. The van der Waals surface area contributed by atoms with Gasteiger partial charge in [-0.2, -0.15) is 0 Å². The van der Waals surface area contributed by atoms with Gasteiger partial charge in [-0.1, -0.05) is 30.3 Å². The van der Waals surface area contributed by atoms with Gasteiger partial charge < -0.3 is 5.32 Å². The molecule has 1 aromatic heterocycles. The smallest absolute Gasteiger partial charge is 0.231 e. The molecule has 1 aliphatic heterocycles. The second-order valence-corrected chi connectivity index (χ2v) is 6.28. The van der Waals surface area contributed by atoms with Crippen molar-refractivity contribution in [2.45, 2.75) is 25.3 Å². The number of benzene rings is 1. The van der Waals surface area contributed by atoms with E-state index in [0.717, 1.165) is 16.7 Å². The first-order valence-electron chi connectivity index (χ1n) is 7.59. The number of guanidine groups is 1. The molecule has 5 nitrogen and oxygen atoms in total. The van der Waals surface area contributed by atoms with Gasteiger partial charge in [0.05, 0.1) is 12.0 Å². The number of nitrogens with one attached hydrogen (secondary N) is 2. The van der Waals surface area contributed by atoms with Gasteiger partial charge in [-0.05, 0) is 36.1 Å². The third-order valence-corrected chi connectivity index (χ3v) is 4.19. The molecule has 23 heavy (non-hydrogen) atoms. The molecule has 0 bridgehead atoms. The summed E-state index contributed by atoms with van der Waals surface area (Å²) >= 11 is 0. The van der Waals surface area contributed by atoms with Crippen molar-refractivity contribution in [1.29, 1.82) is 5.41 Å². The van der Waals surface area contributed by atoms with Crippen LogP contribution in [0.3, 0.4) is 0 Å². The molecule has 1 saturated heterocycles. The maximum atomic E-state index is 12.0. The summed E-state index contributed by atoms with van der Waals surface area (Å²) in [6.07, 6.45) is 4.66. The zero-order valence-corrected chi connectivity index (χ0v) is 13.3. The summed E-state index contributed by atoms with van der Waals surface area (Å²) < 4.78 is 0. The van der Waals surface area contributed by atoms with Crippen LogP contribution in [0.15, 0.2) is 48.8 Å². The minimum absolute atomic E-state index is 0.0281. The Morgan fingerprint density at radius 1 is 1.30 bits per heavy atom. The van der Waals surface area contributed by atoms with Gasteiger partial charge in [-0.3, -0.25) is 20.1 Å². The van der Waals surface area contributed by atoms with Gasteiger partial charge in [0.25, 0.3) is 0 Å². The zero-order chi connectivity index (χ0) is 16.4. The number of hydrogen-bond acceptors (Lipinski definition) is 3. The van der Waals surface area contributed by atoms with E-state index in [2.05, 4.69) is 28.5 Å². The van der Waals surface area contributed by atoms with Crippen LogP contribution in [0.2, 0.25) is 0 Å². The highest BCUT2D eigenvalue weighted by molar-refractivity contribution is 5.98. The van der Waals surface area contributed by atoms with Crippen LogP contribution in [0.25, 0.3) is 11.1 Å². The standard InChI is InChI=1S/C18H20N4O/c1-18(11-16(23)22(2)17(19)21-18)10-13-5-3-6-14(9-13)15-7-4-8-20-12-15/h3-9,12H,10-11H2,1-2H3,(H2,19,21)/t18-/m1/s1. The third kappa shape index (κ3) is 3.23. The molecule has 0 spiro atoms. The van der Waals surface area contributed by atoms with Gasteiger partial charge in [0.2, 0.25) is 5.91 Å². The average Bonchev–Trinajstić information content (AvgIpc) is 2.53. The Morgan fingerprint density at radius 3 is 2.78 bits per heavy atom. The minimum atomic E-state index is -0.436. The number of aromatic nitrogens is 1. The molecule has 2 N–H and O–H groups in total. The first-order chi connectivity index (χ1) is 11.0. The number of pyridine rings is 1. The van der Waals surface area contributed by atoms with Crippen LogP contribution in [-0.2, 0) is 11.2 Å². The van der Waals surface area contributed by atoms with Crippen LogP contribution in [0, 0.1) is 5.41 Å². The van der Waals surface area contributed by atoms with Gasteiger partial charge in [0.15, 0.2) is 5.96 Å². The van der Waals surface area contributed by atoms with E-state index in [1.807, 2.05) is 31.3 Å². The van der Waals surface area contributed by atoms with Gasteiger partial charge in [-0.15, -0.1) is 0 Å². The Labute approximate surface area is 135 Å². The first-order valence-corrected chi connectivity index (χ1v) is 7.59. The van der Waals surface area contributed by atoms with Crippen LogP contribution < -0.4 is 5.32 Å². The molecule has 0 saturated carbocycles. The van der Waals surface area contributed by atoms with E-state index in [0.29, 0.717) is 12.8 Å². The Kier molecular flexibility index (Phi) is 3.86. The van der Waals surface area contributed by atoms with E-state index in [4.69, 9.17) is 5.41 Å². The van der Waals surface area contributed by atoms with Crippen molar-refractivity contribution < 1.29 is 4.79 Å². The molecular weight excluding hydrogens is 288 g/mol. The number of nitrogens with zero attached hydrogens (tertiary/aromatic N) is 2. The molecule has 0 unspecified atom stereocenters. The summed E-state index contributed by atoms with van der Waals surface area (Å²) in [5.41, 5.74) is 2.87. The van der Waals surface area contributed by atoms with E-state index in [9.17, 15) is 4.79 Å². The predicted octanol–water partition coefficient (Wildman–Crippen LogP) is 2.44. The van der Waals surface area contributed by atoms with Crippen LogP contribution >= 0.6 is 0 Å². The molecule has 3 rings (SSSR count). The lowest BCUT2D eigenvalue weighted by Crippen LogP contribution is -2.60. The van der Waals surface area contributed by atoms with Gasteiger partial charge in [0.1, 0.15) is 0 Å². The molecule has 1 fully saturated rings. The molecule has 1 aromatic carbocycles. The fraction of sp³-hybridized carbons (Fsp3) is 0.278.